The van der Waals surface area contributed by atoms with Crippen LogP contribution in [0, 0.1) is 6.92 Å². The van der Waals surface area contributed by atoms with Gasteiger partial charge in [-0.1, -0.05) is 0 Å². The van der Waals surface area contributed by atoms with E-state index in [2.05, 4.69) is 15.0 Å². The molecule has 0 amide bonds. The quantitative estimate of drug-likeness (QED) is 0.782. The van der Waals surface area contributed by atoms with Crippen molar-refractivity contribution in [3.63, 3.8) is 0 Å². The Balaban J connectivity index is 2.18. The molecule has 2 heterocycles. The number of fused-ring (bicyclic) bond motifs is 1. The van der Waals surface area contributed by atoms with Gasteiger partial charge in [0.1, 0.15) is 0 Å². The van der Waals surface area contributed by atoms with Crippen molar-refractivity contribution >= 4 is 11.0 Å². The van der Waals surface area contributed by atoms with Gasteiger partial charge in [-0.25, -0.2) is 9.97 Å². The van der Waals surface area contributed by atoms with Gasteiger partial charge in [0.15, 0.2) is 29.5 Å². The van der Waals surface area contributed by atoms with Crippen LogP contribution in [0.1, 0.15) is 5.69 Å². The normalized spacial score (nSPS) is 10.9. The van der Waals surface area contributed by atoms with Crippen molar-refractivity contribution in [2.75, 3.05) is 14.2 Å². The van der Waals surface area contributed by atoms with E-state index in [4.69, 9.17) is 13.9 Å². The van der Waals surface area contributed by atoms with Crippen molar-refractivity contribution in [3.8, 4) is 23.1 Å². The van der Waals surface area contributed by atoms with Gasteiger partial charge in [0.25, 0.3) is 0 Å². The molecule has 0 unspecified atom stereocenters. The first kappa shape index (κ1) is 11.6. The Bertz CT molecular complexity index is 689. The minimum atomic E-state index is 0.633. The summed E-state index contributed by atoms with van der Waals surface area (Å²) in [5, 5.41) is 0. The van der Waals surface area contributed by atoms with E-state index in [-0.39, 0.29) is 0 Å². The van der Waals surface area contributed by atoms with Crippen LogP contribution in [0.15, 0.2) is 22.9 Å². The number of imidazole rings is 1. The molecule has 0 aliphatic rings. The molecule has 2 aromatic heterocycles. The van der Waals surface area contributed by atoms with Crippen LogP contribution < -0.4 is 9.47 Å². The van der Waals surface area contributed by atoms with Gasteiger partial charge in [-0.15, -0.1) is 0 Å². The van der Waals surface area contributed by atoms with Crippen molar-refractivity contribution < 1.29 is 13.9 Å². The maximum absolute atomic E-state index is 5.33. The summed E-state index contributed by atoms with van der Waals surface area (Å²) in [6, 6.07) is 3.66. The highest BCUT2D eigenvalue weighted by Gasteiger charge is 2.14. The molecule has 6 nitrogen and oxygen atoms in total. The van der Waals surface area contributed by atoms with E-state index in [0.717, 1.165) is 16.7 Å². The summed E-state index contributed by atoms with van der Waals surface area (Å²) in [7, 11) is 3.19. The summed E-state index contributed by atoms with van der Waals surface area (Å²) in [5.74, 6) is 2.57. The monoisotopic (exact) mass is 259 g/mol. The summed E-state index contributed by atoms with van der Waals surface area (Å²) in [4.78, 5) is 11.7. The van der Waals surface area contributed by atoms with E-state index < -0.39 is 0 Å². The number of ether oxygens (including phenoxy) is 2. The minimum absolute atomic E-state index is 0.633. The Kier molecular flexibility index (Phi) is 2.63. The fourth-order valence-electron chi connectivity index (χ4n) is 1.97. The lowest BCUT2D eigenvalue weighted by atomic mass is 10.3. The number of oxazole rings is 1. The second kappa shape index (κ2) is 4.31. The van der Waals surface area contributed by atoms with Gasteiger partial charge < -0.3 is 18.9 Å². The van der Waals surface area contributed by atoms with Crippen LogP contribution in [0.3, 0.4) is 0 Å². The van der Waals surface area contributed by atoms with E-state index in [1.54, 1.807) is 14.2 Å². The number of aryl methyl sites for hydroxylation is 1. The average Bonchev–Trinajstić information content (AvgIpc) is 3.01. The minimum Gasteiger partial charge on any atom is -0.493 e. The molecule has 0 aliphatic heterocycles. The highest BCUT2D eigenvalue weighted by atomic mass is 16.5. The fraction of sp³-hybridized carbons (Fsp3) is 0.231. The van der Waals surface area contributed by atoms with E-state index >= 15 is 0 Å². The van der Waals surface area contributed by atoms with Crippen LogP contribution in [0.4, 0.5) is 0 Å². The predicted molar refractivity (Wildman–Crippen MR) is 69.4 cm³/mol. The second-order valence-corrected chi connectivity index (χ2v) is 4.08. The molecule has 0 saturated carbocycles. The zero-order chi connectivity index (χ0) is 13.4. The van der Waals surface area contributed by atoms with Gasteiger partial charge in [-0.3, -0.25) is 0 Å². The standard InChI is InChI=1S/C13H13N3O3/c1-7-12(19-6-14-7)13-15-8-4-10(17-2)11(18-3)5-9(8)16-13/h4-6H,1-3H3,(H,15,16). The van der Waals surface area contributed by atoms with Crippen LogP contribution in [0.5, 0.6) is 11.5 Å². The number of nitrogens with zero attached hydrogens (tertiary/aromatic N) is 2. The first-order valence-electron chi connectivity index (χ1n) is 5.75. The van der Waals surface area contributed by atoms with Crippen molar-refractivity contribution in [1.82, 2.24) is 15.0 Å². The predicted octanol–water partition coefficient (Wildman–Crippen LogP) is 2.54. The number of rotatable bonds is 3. The van der Waals surface area contributed by atoms with Gasteiger partial charge in [-0.05, 0) is 6.92 Å². The molecule has 0 fully saturated rings. The third-order valence-corrected chi connectivity index (χ3v) is 2.95. The molecule has 6 heteroatoms. The first-order valence-corrected chi connectivity index (χ1v) is 5.75. The number of nitrogens with one attached hydrogen (secondary N) is 1. The Morgan fingerprint density at radius 3 is 2.53 bits per heavy atom. The van der Waals surface area contributed by atoms with Crippen LogP contribution in [-0.4, -0.2) is 29.2 Å². The number of aromatic amines is 1. The molecule has 0 radical (unpaired) electrons. The number of hydrogen-bond acceptors (Lipinski definition) is 5. The van der Waals surface area contributed by atoms with Gasteiger partial charge >= 0.3 is 0 Å². The molecule has 0 saturated heterocycles. The lowest BCUT2D eigenvalue weighted by Crippen LogP contribution is -1.89. The lowest BCUT2D eigenvalue weighted by molar-refractivity contribution is 0.356. The third kappa shape index (κ3) is 1.81. The van der Waals surface area contributed by atoms with E-state index in [9.17, 15) is 0 Å². The Morgan fingerprint density at radius 1 is 1.16 bits per heavy atom. The van der Waals surface area contributed by atoms with Crippen LogP contribution in [-0.2, 0) is 0 Å². The molecule has 0 bridgehead atoms. The highest BCUT2D eigenvalue weighted by molar-refractivity contribution is 5.82. The molecular formula is C13H13N3O3. The topological polar surface area (TPSA) is 73.2 Å². The van der Waals surface area contributed by atoms with Crippen molar-refractivity contribution in [3.05, 3.63) is 24.2 Å². The number of H-pyrrole nitrogens is 1. The molecule has 3 aromatic rings. The molecule has 0 spiro atoms. The SMILES string of the molecule is COc1cc2nc(-c3ocnc3C)[nH]c2cc1OC. The number of hydrogen-bond donors (Lipinski definition) is 1. The summed E-state index contributed by atoms with van der Waals surface area (Å²) in [5.41, 5.74) is 2.42. The Hall–Kier alpha value is -2.50. The molecule has 1 N–H and O–H groups in total. The molecule has 98 valence electrons. The third-order valence-electron chi connectivity index (χ3n) is 2.95. The largest absolute Gasteiger partial charge is 0.493 e. The van der Waals surface area contributed by atoms with Gasteiger partial charge in [0.05, 0.1) is 30.9 Å². The number of benzene rings is 1. The summed E-state index contributed by atoms with van der Waals surface area (Å²) in [6.07, 6.45) is 1.40. The first-order chi connectivity index (χ1) is 9.22. The molecule has 1 aromatic carbocycles. The van der Waals surface area contributed by atoms with Gasteiger partial charge in [0.2, 0.25) is 0 Å². The maximum atomic E-state index is 5.33. The Morgan fingerprint density at radius 2 is 1.89 bits per heavy atom. The molecular weight excluding hydrogens is 246 g/mol. The van der Waals surface area contributed by atoms with E-state index in [1.165, 1.54) is 6.39 Å². The van der Waals surface area contributed by atoms with Crippen molar-refractivity contribution in [2.24, 2.45) is 0 Å². The number of aromatic nitrogens is 3. The fourth-order valence-corrected chi connectivity index (χ4v) is 1.97. The molecule has 0 atom stereocenters. The maximum Gasteiger partial charge on any atom is 0.192 e. The smallest absolute Gasteiger partial charge is 0.192 e. The zero-order valence-electron chi connectivity index (χ0n) is 10.9. The molecule has 0 aliphatic carbocycles. The Labute approximate surface area is 109 Å². The molecule has 3 rings (SSSR count). The average molecular weight is 259 g/mol. The van der Waals surface area contributed by atoms with Gasteiger partial charge in [0, 0.05) is 12.1 Å². The zero-order valence-corrected chi connectivity index (χ0v) is 10.9. The van der Waals surface area contributed by atoms with Crippen LogP contribution in [0.25, 0.3) is 22.6 Å². The van der Waals surface area contributed by atoms with Crippen molar-refractivity contribution in [1.29, 1.82) is 0 Å². The molecule has 19 heavy (non-hydrogen) atoms. The van der Waals surface area contributed by atoms with E-state index in [1.807, 2.05) is 19.1 Å². The highest BCUT2D eigenvalue weighted by Crippen LogP contribution is 2.32. The summed E-state index contributed by atoms with van der Waals surface area (Å²) in [6.45, 7) is 1.87. The van der Waals surface area contributed by atoms with Crippen molar-refractivity contribution in [2.45, 2.75) is 6.92 Å². The van der Waals surface area contributed by atoms with Crippen LogP contribution in [0.2, 0.25) is 0 Å². The van der Waals surface area contributed by atoms with E-state index in [0.29, 0.717) is 23.1 Å². The second-order valence-electron chi connectivity index (χ2n) is 4.08. The lowest BCUT2D eigenvalue weighted by Gasteiger charge is -2.06. The summed E-state index contributed by atoms with van der Waals surface area (Å²) < 4.78 is 15.8. The van der Waals surface area contributed by atoms with Gasteiger partial charge in [-0.2, -0.15) is 0 Å². The van der Waals surface area contributed by atoms with Crippen LogP contribution >= 0.6 is 0 Å². The summed E-state index contributed by atoms with van der Waals surface area (Å²) >= 11 is 0. The number of methoxy groups -OCH3 is 2.